The van der Waals surface area contributed by atoms with E-state index < -0.39 is 0 Å². The van der Waals surface area contributed by atoms with Crippen molar-refractivity contribution in [2.24, 2.45) is 0 Å². The molecule has 0 radical (unpaired) electrons. The van der Waals surface area contributed by atoms with Gasteiger partial charge in [0.1, 0.15) is 5.82 Å². The molecular weight excluding hydrogens is 360 g/mol. The zero-order valence-corrected chi connectivity index (χ0v) is 15.8. The Morgan fingerprint density at radius 2 is 2.04 bits per heavy atom. The number of aryl methyl sites for hydroxylation is 1. The zero-order chi connectivity index (χ0) is 18.8. The lowest BCUT2D eigenvalue weighted by Gasteiger charge is -2.16. The molecule has 0 unspecified atom stereocenters. The number of rotatable bonds is 3. The van der Waals surface area contributed by atoms with Crippen LogP contribution in [-0.2, 0) is 4.79 Å². The summed E-state index contributed by atoms with van der Waals surface area (Å²) >= 11 is 1.34. The number of nitrogens with zero attached hydrogens (tertiary/aromatic N) is 3. The first-order valence-electron chi connectivity index (χ1n) is 9.03. The zero-order valence-electron chi connectivity index (χ0n) is 15.0. The van der Waals surface area contributed by atoms with E-state index in [1.54, 1.807) is 12.3 Å². The van der Waals surface area contributed by atoms with Crippen LogP contribution in [-0.4, -0.2) is 32.2 Å². The van der Waals surface area contributed by atoms with Crippen molar-refractivity contribution in [3.63, 3.8) is 0 Å². The van der Waals surface area contributed by atoms with E-state index in [1.807, 2.05) is 37.3 Å². The predicted molar refractivity (Wildman–Crippen MR) is 106 cm³/mol. The van der Waals surface area contributed by atoms with Crippen molar-refractivity contribution in [2.75, 3.05) is 6.54 Å². The molecule has 1 N–H and O–H groups in total. The molecule has 6 nitrogen and oxygen atoms in total. The molecule has 1 fully saturated rings. The molecule has 1 aliphatic rings. The molecule has 0 bridgehead atoms. The Balaban J connectivity index is 1.88. The normalized spacial score (nSPS) is 17.5. The van der Waals surface area contributed by atoms with Crippen LogP contribution >= 0.6 is 11.8 Å². The third-order valence-electron chi connectivity index (χ3n) is 4.61. The first-order valence-corrected chi connectivity index (χ1v) is 9.90. The van der Waals surface area contributed by atoms with Gasteiger partial charge in [0.15, 0.2) is 5.16 Å². The Morgan fingerprint density at radius 1 is 1.19 bits per heavy atom. The Hall–Kier alpha value is -2.67. The Morgan fingerprint density at radius 3 is 2.89 bits per heavy atom. The monoisotopic (exact) mass is 380 g/mol. The van der Waals surface area contributed by atoms with Crippen LogP contribution in [0.1, 0.15) is 24.8 Å². The van der Waals surface area contributed by atoms with Gasteiger partial charge < -0.3 is 5.32 Å². The van der Waals surface area contributed by atoms with Gasteiger partial charge >= 0.3 is 0 Å². The summed E-state index contributed by atoms with van der Waals surface area (Å²) in [6.45, 7) is 2.66. The van der Waals surface area contributed by atoms with Crippen molar-refractivity contribution in [1.82, 2.24) is 19.9 Å². The van der Waals surface area contributed by atoms with Crippen molar-refractivity contribution in [3.8, 4) is 5.82 Å². The number of benzene rings is 1. The molecule has 4 rings (SSSR count). The van der Waals surface area contributed by atoms with Crippen LogP contribution in [0.25, 0.3) is 16.7 Å². The standard InChI is InChI=1S/C20H20N4O2S/c1-13-9-11-21-17(12-13)24-19(26)14-6-2-3-7-15(14)23-20(24)27-16-8-4-5-10-22-18(16)25/h2-3,6-7,9,11-12,16H,4-5,8,10H2,1H3,(H,22,25)/t16-/m0/s1. The van der Waals surface area contributed by atoms with Gasteiger partial charge in [0.05, 0.1) is 16.2 Å². The van der Waals surface area contributed by atoms with Gasteiger partial charge in [-0.05, 0) is 49.6 Å². The molecule has 1 saturated heterocycles. The topological polar surface area (TPSA) is 76.9 Å². The number of carbonyl (C=O) groups is 1. The summed E-state index contributed by atoms with van der Waals surface area (Å²) < 4.78 is 1.53. The second kappa shape index (κ2) is 7.52. The van der Waals surface area contributed by atoms with Gasteiger partial charge in [-0.15, -0.1) is 0 Å². The quantitative estimate of drug-likeness (QED) is 0.707. The highest BCUT2D eigenvalue weighted by Crippen LogP contribution is 2.28. The fourth-order valence-corrected chi connectivity index (χ4v) is 4.35. The van der Waals surface area contributed by atoms with Gasteiger partial charge in [-0.25, -0.2) is 14.5 Å². The van der Waals surface area contributed by atoms with Crippen molar-refractivity contribution >= 4 is 28.6 Å². The van der Waals surface area contributed by atoms with Crippen molar-refractivity contribution in [3.05, 3.63) is 58.5 Å². The molecule has 138 valence electrons. The van der Waals surface area contributed by atoms with E-state index in [0.717, 1.165) is 24.8 Å². The number of thioether (sulfide) groups is 1. The summed E-state index contributed by atoms with van der Waals surface area (Å²) in [7, 11) is 0. The molecule has 1 aromatic carbocycles. The second-order valence-corrected chi connectivity index (χ2v) is 7.81. The minimum absolute atomic E-state index is 0.00339. The highest BCUT2D eigenvalue weighted by atomic mass is 32.2. The highest BCUT2D eigenvalue weighted by molar-refractivity contribution is 8.00. The molecule has 0 saturated carbocycles. The minimum atomic E-state index is -0.267. The van der Waals surface area contributed by atoms with Gasteiger partial charge in [-0.1, -0.05) is 30.3 Å². The van der Waals surface area contributed by atoms with E-state index in [-0.39, 0.29) is 16.7 Å². The average molecular weight is 380 g/mol. The number of fused-ring (bicyclic) bond motifs is 1. The molecule has 0 aliphatic carbocycles. The summed E-state index contributed by atoms with van der Waals surface area (Å²) in [6.07, 6.45) is 4.39. The first kappa shape index (κ1) is 17.7. The predicted octanol–water partition coefficient (Wildman–Crippen LogP) is 2.85. The van der Waals surface area contributed by atoms with Gasteiger partial charge in [0.2, 0.25) is 5.91 Å². The molecule has 7 heteroatoms. The lowest BCUT2D eigenvalue weighted by atomic mass is 10.2. The molecule has 1 amide bonds. The van der Waals surface area contributed by atoms with Crippen LogP contribution in [0.2, 0.25) is 0 Å². The molecule has 27 heavy (non-hydrogen) atoms. The van der Waals surface area contributed by atoms with Gasteiger partial charge in [-0.3, -0.25) is 9.59 Å². The number of aromatic nitrogens is 3. The van der Waals surface area contributed by atoms with Crippen LogP contribution < -0.4 is 10.9 Å². The lowest BCUT2D eigenvalue weighted by molar-refractivity contribution is -0.120. The Labute approximate surface area is 161 Å². The number of carbonyl (C=O) groups excluding carboxylic acids is 1. The van der Waals surface area contributed by atoms with E-state index in [2.05, 4.69) is 10.3 Å². The van der Waals surface area contributed by atoms with Gasteiger partial charge in [0, 0.05) is 12.7 Å². The van der Waals surface area contributed by atoms with Gasteiger partial charge in [-0.2, -0.15) is 0 Å². The Bertz CT molecular complexity index is 1060. The molecule has 1 atom stereocenters. The lowest BCUT2D eigenvalue weighted by Crippen LogP contribution is -2.32. The minimum Gasteiger partial charge on any atom is -0.355 e. The fourth-order valence-electron chi connectivity index (χ4n) is 3.19. The number of para-hydroxylation sites is 1. The summed E-state index contributed by atoms with van der Waals surface area (Å²) in [5.74, 6) is 0.526. The Kier molecular flexibility index (Phi) is 4.94. The first-order chi connectivity index (χ1) is 13.1. The second-order valence-electron chi connectivity index (χ2n) is 6.64. The van der Waals surface area contributed by atoms with Crippen LogP contribution in [0, 0.1) is 6.92 Å². The third-order valence-corrected chi connectivity index (χ3v) is 5.83. The van der Waals surface area contributed by atoms with E-state index in [1.165, 1.54) is 16.3 Å². The van der Waals surface area contributed by atoms with Crippen LogP contribution in [0.15, 0.2) is 52.5 Å². The number of amides is 1. The average Bonchev–Trinajstić information content (AvgIpc) is 2.86. The largest absolute Gasteiger partial charge is 0.355 e. The van der Waals surface area contributed by atoms with Crippen molar-refractivity contribution < 1.29 is 4.79 Å². The molecule has 1 aliphatic heterocycles. The van der Waals surface area contributed by atoms with E-state index in [4.69, 9.17) is 4.98 Å². The molecule has 3 heterocycles. The van der Waals surface area contributed by atoms with Gasteiger partial charge in [0.25, 0.3) is 5.56 Å². The SMILES string of the molecule is Cc1ccnc(-n2c(S[C@H]3CCCCNC3=O)nc3ccccc3c2=O)c1. The molecule has 2 aromatic heterocycles. The molecular formula is C20H20N4O2S. The highest BCUT2D eigenvalue weighted by Gasteiger charge is 2.25. The maximum Gasteiger partial charge on any atom is 0.267 e. The number of pyridine rings is 1. The summed E-state index contributed by atoms with van der Waals surface area (Å²) in [5, 5.41) is 3.71. The smallest absolute Gasteiger partial charge is 0.267 e. The number of hydrogen-bond donors (Lipinski definition) is 1. The van der Waals surface area contributed by atoms with Crippen molar-refractivity contribution in [2.45, 2.75) is 36.6 Å². The van der Waals surface area contributed by atoms with Crippen LogP contribution in [0.4, 0.5) is 0 Å². The van der Waals surface area contributed by atoms with Crippen LogP contribution in [0.5, 0.6) is 0 Å². The summed E-state index contributed by atoms with van der Waals surface area (Å²) in [4.78, 5) is 34.7. The van der Waals surface area contributed by atoms with E-state index in [0.29, 0.717) is 28.4 Å². The molecule has 0 spiro atoms. The fraction of sp³-hybridized carbons (Fsp3) is 0.300. The summed E-state index contributed by atoms with van der Waals surface area (Å²) in [6, 6.07) is 11.0. The number of hydrogen-bond acceptors (Lipinski definition) is 5. The van der Waals surface area contributed by atoms with Crippen LogP contribution in [0.3, 0.4) is 0 Å². The van der Waals surface area contributed by atoms with Crippen molar-refractivity contribution in [1.29, 1.82) is 0 Å². The third kappa shape index (κ3) is 3.60. The van der Waals surface area contributed by atoms with E-state index >= 15 is 0 Å². The van der Waals surface area contributed by atoms with E-state index in [9.17, 15) is 9.59 Å². The number of nitrogens with one attached hydrogen (secondary N) is 1. The maximum atomic E-state index is 13.2. The summed E-state index contributed by atoms with van der Waals surface area (Å²) in [5.41, 5.74) is 1.46. The molecule has 3 aromatic rings. The maximum absolute atomic E-state index is 13.2.